The fraction of sp³-hybridized carbons (Fsp3) is 0.458. The second-order valence-corrected chi connectivity index (χ2v) is 8.63. The summed E-state index contributed by atoms with van der Waals surface area (Å²) in [6.45, 7) is 2.80. The van der Waals surface area contributed by atoms with Crippen LogP contribution in [0.2, 0.25) is 0 Å². The summed E-state index contributed by atoms with van der Waals surface area (Å²) in [7, 11) is 2.11. The highest BCUT2D eigenvalue weighted by Crippen LogP contribution is 2.35. The van der Waals surface area contributed by atoms with Gasteiger partial charge in [-0.3, -0.25) is 0 Å². The quantitative estimate of drug-likeness (QED) is 0.479. The van der Waals surface area contributed by atoms with Crippen molar-refractivity contribution in [1.29, 1.82) is 0 Å². The topological polar surface area (TPSA) is 61.4 Å². The van der Waals surface area contributed by atoms with Gasteiger partial charge >= 0.3 is 5.97 Å². The minimum Gasteiger partial charge on any atom is -0.347 e. The van der Waals surface area contributed by atoms with E-state index in [2.05, 4.69) is 50.6 Å². The summed E-state index contributed by atoms with van der Waals surface area (Å²) in [4.78, 5) is 22.5. The molecular weight excluding hydrogens is 376 g/mol. The zero-order valence-corrected chi connectivity index (χ0v) is 17.7. The second kappa shape index (κ2) is 7.74. The number of fused-ring (bicyclic) bond motifs is 3. The van der Waals surface area contributed by atoms with E-state index in [-0.39, 0.29) is 17.8 Å². The van der Waals surface area contributed by atoms with Crippen molar-refractivity contribution >= 4 is 22.6 Å². The molecule has 3 aromatic rings. The normalized spacial score (nSPS) is 20.7. The Morgan fingerprint density at radius 1 is 1.23 bits per heavy atom. The monoisotopic (exact) mass is 404 g/mol. The zero-order valence-electron chi connectivity index (χ0n) is 17.7. The lowest BCUT2D eigenvalue weighted by atomic mass is 9.84. The maximum atomic E-state index is 12.6. The molecular formula is C24H28N4O2. The van der Waals surface area contributed by atoms with Gasteiger partial charge in [0, 0.05) is 54.1 Å². The van der Waals surface area contributed by atoms with E-state index in [1.54, 1.807) is 0 Å². The first-order valence-corrected chi connectivity index (χ1v) is 11.0. The lowest BCUT2D eigenvalue weighted by Crippen LogP contribution is -2.29. The minimum absolute atomic E-state index is 0.000674. The largest absolute Gasteiger partial charge is 0.347 e. The van der Waals surface area contributed by atoms with Gasteiger partial charge in [-0.25, -0.2) is 9.78 Å². The van der Waals surface area contributed by atoms with Crippen LogP contribution in [0.15, 0.2) is 41.8 Å². The van der Waals surface area contributed by atoms with E-state index in [0.717, 1.165) is 62.2 Å². The molecule has 2 aromatic heterocycles. The number of oxime groups is 1. The molecule has 1 unspecified atom stereocenters. The van der Waals surface area contributed by atoms with Crippen LogP contribution in [0.25, 0.3) is 10.9 Å². The maximum Gasteiger partial charge on any atom is 0.338 e. The molecule has 1 fully saturated rings. The van der Waals surface area contributed by atoms with Crippen LogP contribution in [0.1, 0.15) is 49.2 Å². The van der Waals surface area contributed by atoms with Crippen LogP contribution in [0.4, 0.5) is 0 Å². The highest BCUT2D eigenvalue weighted by Gasteiger charge is 2.32. The summed E-state index contributed by atoms with van der Waals surface area (Å²) < 4.78 is 4.42. The average Bonchev–Trinajstić information content (AvgIpc) is 3.49. The molecule has 0 bridgehead atoms. The maximum absolute atomic E-state index is 12.6. The molecule has 0 saturated heterocycles. The summed E-state index contributed by atoms with van der Waals surface area (Å²) in [5.74, 6) is 0.984. The number of carbonyl (C=O) groups excluding carboxylic acids is 1. The van der Waals surface area contributed by atoms with Crippen molar-refractivity contribution in [1.82, 2.24) is 14.1 Å². The molecule has 0 spiro atoms. The number of aryl methyl sites for hydroxylation is 2. The molecule has 2 aliphatic rings. The number of aromatic nitrogens is 3. The third-order valence-electron chi connectivity index (χ3n) is 6.86. The van der Waals surface area contributed by atoms with Crippen LogP contribution in [-0.2, 0) is 29.6 Å². The number of nitrogens with zero attached hydrogens (tertiary/aromatic N) is 4. The molecule has 6 nitrogen and oxygen atoms in total. The molecule has 156 valence electrons. The van der Waals surface area contributed by atoms with Crippen molar-refractivity contribution in [2.75, 3.05) is 0 Å². The van der Waals surface area contributed by atoms with E-state index < -0.39 is 0 Å². The minimum atomic E-state index is -0.176. The molecule has 1 aromatic carbocycles. The van der Waals surface area contributed by atoms with Crippen LogP contribution in [0.3, 0.4) is 0 Å². The van der Waals surface area contributed by atoms with E-state index in [1.165, 1.54) is 16.6 Å². The van der Waals surface area contributed by atoms with Crippen LogP contribution in [-0.4, -0.2) is 25.8 Å². The number of para-hydroxylation sites is 1. The highest BCUT2D eigenvalue weighted by atomic mass is 16.7. The molecule has 0 N–H and O–H groups in total. The second-order valence-electron chi connectivity index (χ2n) is 8.63. The Morgan fingerprint density at radius 3 is 2.80 bits per heavy atom. The summed E-state index contributed by atoms with van der Waals surface area (Å²) in [6.07, 6.45) is 9.83. The first-order valence-electron chi connectivity index (χ1n) is 11.0. The number of carbonyl (C=O) groups is 1. The predicted molar refractivity (Wildman–Crippen MR) is 116 cm³/mol. The first-order chi connectivity index (χ1) is 14.6. The van der Waals surface area contributed by atoms with Crippen LogP contribution < -0.4 is 0 Å². The summed E-state index contributed by atoms with van der Waals surface area (Å²) in [5.41, 5.74) is 4.50. The third kappa shape index (κ3) is 3.24. The van der Waals surface area contributed by atoms with Crippen molar-refractivity contribution < 1.29 is 9.63 Å². The Morgan fingerprint density at radius 2 is 2.03 bits per heavy atom. The van der Waals surface area contributed by atoms with Crippen molar-refractivity contribution in [2.24, 2.45) is 24.0 Å². The van der Waals surface area contributed by atoms with Gasteiger partial charge in [0.05, 0.1) is 11.6 Å². The molecule has 1 atom stereocenters. The van der Waals surface area contributed by atoms with Gasteiger partial charge in [-0.15, -0.1) is 0 Å². The number of imidazole rings is 1. The molecule has 0 amide bonds. The van der Waals surface area contributed by atoms with Crippen LogP contribution in [0.5, 0.6) is 0 Å². The van der Waals surface area contributed by atoms with Gasteiger partial charge in [-0.2, -0.15) is 0 Å². The van der Waals surface area contributed by atoms with Gasteiger partial charge in [-0.1, -0.05) is 36.2 Å². The van der Waals surface area contributed by atoms with E-state index in [1.807, 2.05) is 19.3 Å². The van der Waals surface area contributed by atoms with Crippen molar-refractivity contribution in [3.63, 3.8) is 0 Å². The fourth-order valence-electron chi connectivity index (χ4n) is 5.14. The van der Waals surface area contributed by atoms with Gasteiger partial charge in [-0.05, 0) is 38.7 Å². The molecule has 5 rings (SSSR count). The number of rotatable bonds is 4. The summed E-state index contributed by atoms with van der Waals surface area (Å²) in [5, 5.41) is 5.72. The summed E-state index contributed by atoms with van der Waals surface area (Å²) >= 11 is 0. The Labute approximate surface area is 176 Å². The number of hydrogen-bond acceptors (Lipinski definition) is 4. The van der Waals surface area contributed by atoms with E-state index in [9.17, 15) is 4.79 Å². The molecule has 6 heteroatoms. The average molecular weight is 405 g/mol. The molecule has 0 aliphatic heterocycles. The Bertz CT molecular complexity index is 1120. The molecule has 30 heavy (non-hydrogen) atoms. The van der Waals surface area contributed by atoms with Crippen molar-refractivity contribution in [3.05, 3.63) is 53.7 Å². The number of benzene rings is 1. The third-order valence-corrected chi connectivity index (χ3v) is 6.86. The van der Waals surface area contributed by atoms with Gasteiger partial charge in [0.25, 0.3) is 0 Å². The lowest BCUT2D eigenvalue weighted by Gasteiger charge is -2.26. The molecule has 0 radical (unpaired) electrons. The van der Waals surface area contributed by atoms with Crippen molar-refractivity contribution in [2.45, 2.75) is 52.0 Å². The molecule has 2 aliphatic carbocycles. The van der Waals surface area contributed by atoms with E-state index in [0.29, 0.717) is 0 Å². The van der Waals surface area contributed by atoms with E-state index >= 15 is 0 Å². The predicted octanol–water partition coefficient (Wildman–Crippen LogP) is 4.38. The van der Waals surface area contributed by atoms with Gasteiger partial charge < -0.3 is 14.0 Å². The lowest BCUT2D eigenvalue weighted by molar-refractivity contribution is -0.148. The van der Waals surface area contributed by atoms with Crippen LogP contribution in [0, 0.1) is 18.8 Å². The van der Waals surface area contributed by atoms with Gasteiger partial charge in [0.2, 0.25) is 0 Å². The van der Waals surface area contributed by atoms with Gasteiger partial charge in [0.1, 0.15) is 5.82 Å². The fourth-order valence-corrected chi connectivity index (χ4v) is 5.14. The standard InChI is InChI=1S/C24H28N4O2/c1-16-25-13-14-28(16)15-18-11-12-21-22(19-9-5-6-10-20(19)27(21)2)23(18)26-30-24(29)17-7-3-4-8-17/h5-6,9-10,13-14,17-18H,3-4,7-8,11-12,15H2,1-2H3. The van der Waals surface area contributed by atoms with Crippen LogP contribution >= 0.6 is 0 Å². The molecule has 1 saturated carbocycles. The van der Waals surface area contributed by atoms with Crippen molar-refractivity contribution in [3.8, 4) is 0 Å². The highest BCUT2D eigenvalue weighted by molar-refractivity contribution is 6.14. The SMILES string of the molecule is Cc1nccn1CC1CCc2c(c3ccccc3n2C)C1=NOC(=O)C1CCCC1. The Hall–Kier alpha value is -2.89. The van der Waals surface area contributed by atoms with E-state index in [4.69, 9.17) is 4.84 Å². The Balaban J connectivity index is 1.55. The van der Waals surface area contributed by atoms with Gasteiger partial charge in [0.15, 0.2) is 0 Å². The Kier molecular flexibility index (Phi) is 4.93. The zero-order chi connectivity index (χ0) is 20.7. The smallest absolute Gasteiger partial charge is 0.338 e. The molecule has 2 heterocycles. The number of hydrogen-bond donors (Lipinski definition) is 0. The summed E-state index contributed by atoms with van der Waals surface area (Å²) in [6, 6.07) is 8.42. The first kappa shape index (κ1) is 19.1.